The van der Waals surface area contributed by atoms with E-state index in [2.05, 4.69) is 17.6 Å². The lowest BCUT2D eigenvalue weighted by atomic mass is 10.0. The molecular weight excluding hydrogens is 236 g/mol. The first kappa shape index (κ1) is 12.4. The van der Waals surface area contributed by atoms with Crippen molar-refractivity contribution in [2.75, 3.05) is 6.54 Å². The molecule has 1 aliphatic heterocycles. The van der Waals surface area contributed by atoms with Crippen LogP contribution in [0, 0.1) is 5.92 Å². The Morgan fingerprint density at radius 3 is 2.76 bits per heavy atom. The van der Waals surface area contributed by atoms with Gasteiger partial charge in [0, 0.05) is 17.6 Å². The van der Waals surface area contributed by atoms with Crippen molar-refractivity contribution >= 4 is 17.5 Å². The van der Waals surface area contributed by atoms with Gasteiger partial charge in [-0.3, -0.25) is 4.79 Å². The third kappa shape index (κ3) is 3.20. The van der Waals surface area contributed by atoms with E-state index in [1.165, 1.54) is 0 Å². The van der Waals surface area contributed by atoms with Gasteiger partial charge in [0.15, 0.2) is 0 Å². The Labute approximate surface area is 107 Å². The van der Waals surface area contributed by atoms with Crippen LogP contribution in [-0.2, 0) is 11.3 Å². The maximum atomic E-state index is 11.9. The van der Waals surface area contributed by atoms with Gasteiger partial charge in [-0.15, -0.1) is 0 Å². The topological polar surface area (TPSA) is 41.1 Å². The maximum Gasteiger partial charge on any atom is 0.224 e. The molecule has 3 nitrogen and oxygen atoms in total. The third-order valence-electron chi connectivity index (χ3n) is 3.24. The molecule has 1 aliphatic rings. The van der Waals surface area contributed by atoms with E-state index in [1.54, 1.807) is 0 Å². The van der Waals surface area contributed by atoms with E-state index in [4.69, 9.17) is 11.6 Å². The molecule has 17 heavy (non-hydrogen) atoms. The zero-order chi connectivity index (χ0) is 12.3. The van der Waals surface area contributed by atoms with Crippen LogP contribution in [0.1, 0.15) is 18.9 Å². The zero-order valence-corrected chi connectivity index (χ0v) is 10.6. The molecule has 1 heterocycles. The van der Waals surface area contributed by atoms with E-state index in [0.29, 0.717) is 11.6 Å². The summed E-state index contributed by atoms with van der Waals surface area (Å²) in [6, 6.07) is 7.81. The van der Waals surface area contributed by atoms with E-state index >= 15 is 0 Å². The van der Waals surface area contributed by atoms with E-state index in [0.717, 1.165) is 18.5 Å². The highest BCUT2D eigenvalue weighted by atomic mass is 35.5. The highest BCUT2D eigenvalue weighted by Gasteiger charge is 2.28. The monoisotopic (exact) mass is 252 g/mol. The van der Waals surface area contributed by atoms with Gasteiger partial charge in [-0.05, 0) is 37.6 Å². The Bertz CT molecular complexity index is 391. The molecule has 2 rings (SSSR count). The summed E-state index contributed by atoms with van der Waals surface area (Å²) in [5, 5.41) is 6.96. The first-order valence-corrected chi connectivity index (χ1v) is 6.30. The summed E-state index contributed by atoms with van der Waals surface area (Å²) in [5.74, 6) is 0.236. The number of nitrogens with one attached hydrogen (secondary N) is 2. The molecule has 2 unspecified atom stereocenters. The van der Waals surface area contributed by atoms with Gasteiger partial charge in [-0.2, -0.15) is 0 Å². The summed E-state index contributed by atoms with van der Waals surface area (Å²) in [4.78, 5) is 11.9. The molecule has 4 heteroatoms. The number of rotatable bonds is 3. The van der Waals surface area contributed by atoms with Gasteiger partial charge >= 0.3 is 0 Å². The van der Waals surface area contributed by atoms with Crippen molar-refractivity contribution in [3.8, 4) is 0 Å². The second-order valence-corrected chi connectivity index (χ2v) is 4.92. The van der Waals surface area contributed by atoms with Crippen LogP contribution in [0.2, 0.25) is 5.02 Å². The van der Waals surface area contributed by atoms with Crippen LogP contribution in [0.25, 0.3) is 0 Å². The van der Waals surface area contributed by atoms with Crippen molar-refractivity contribution in [1.82, 2.24) is 10.6 Å². The average molecular weight is 253 g/mol. The molecule has 0 radical (unpaired) electrons. The predicted octanol–water partition coefficient (Wildman–Crippen LogP) is 1.95. The standard InChI is InChI=1S/C13H17ClN2O/c1-9-12(6-7-15-9)13(17)16-8-10-2-4-11(14)5-3-10/h2-5,9,12,15H,6-8H2,1H3,(H,16,17). The Morgan fingerprint density at radius 2 is 2.18 bits per heavy atom. The van der Waals surface area contributed by atoms with Gasteiger partial charge in [0.2, 0.25) is 5.91 Å². The van der Waals surface area contributed by atoms with Crippen molar-refractivity contribution < 1.29 is 4.79 Å². The second kappa shape index (κ2) is 5.52. The smallest absolute Gasteiger partial charge is 0.224 e. The Kier molecular flexibility index (Phi) is 4.02. The predicted molar refractivity (Wildman–Crippen MR) is 68.9 cm³/mol. The molecular formula is C13H17ClN2O. The molecule has 0 bridgehead atoms. The molecule has 0 aliphatic carbocycles. The van der Waals surface area contributed by atoms with Crippen LogP contribution >= 0.6 is 11.6 Å². The highest BCUT2D eigenvalue weighted by molar-refractivity contribution is 6.30. The molecule has 0 spiro atoms. The van der Waals surface area contributed by atoms with Crippen LogP contribution in [-0.4, -0.2) is 18.5 Å². The minimum Gasteiger partial charge on any atom is -0.352 e. The van der Waals surface area contributed by atoms with Gasteiger partial charge in [0.05, 0.1) is 5.92 Å². The van der Waals surface area contributed by atoms with Crippen LogP contribution < -0.4 is 10.6 Å². The van der Waals surface area contributed by atoms with Crippen molar-refractivity contribution in [2.24, 2.45) is 5.92 Å². The molecule has 2 N–H and O–H groups in total. The SMILES string of the molecule is CC1NCCC1C(=O)NCc1ccc(Cl)cc1. The van der Waals surface area contributed by atoms with Crippen molar-refractivity contribution in [3.63, 3.8) is 0 Å². The molecule has 0 saturated carbocycles. The van der Waals surface area contributed by atoms with Crippen LogP contribution in [0.3, 0.4) is 0 Å². The fourth-order valence-electron chi connectivity index (χ4n) is 2.14. The van der Waals surface area contributed by atoms with Gasteiger partial charge in [0.1, 0.15) is 0 Å². The summed E-state index contributed by atoms with van der Waals surface area (Å²) in [6.07, 6.45) is 0.924. The minimum atomic E-state index is 0.0994. The first-order chi connectivity index (χ1) is 8.16. The van der Waals surface area contributed by atoms with E-state index in [-0.39, 0.29) is 17.9 Å². The van der Waals surface area contributed by atoms with Crippen molar-refractivity contribution in [2.45, 2.75) is 25.9 Å². The third-order valence-corrected chi connectivity index (χ3v) is 3.49. The van der Waals surface area contributed by atoms with Gasteiger partial charge in [-0.25, -0.2) is 0 Å². The van der Waals surface area contributed by atoms with Crippen LogP contribution in [0.15, 0.2) is 24.3 Å². The Hall–Kier alpha value is -1.06. The molecule has 0 aromatic heterocycles. The lowest BCUT2D eigenvalue weighted by Gasteiger charge is -2.14. The minimum absolute atomic E-state index is 0.0994. The first-order valence-electron chi connectivity index (χ1n) is 5.92. The number of halogens is 1. The van der Waals surface area contributed by atoms with Crippen molar-refractivity contribution in [1.29, 1.82) is 0 Å². The Morgan fingerprint density at radius 1 is 1.47 bits per heavy atom. The fraction of sp³-hybridized carbons (Fsp3) is 0.462. The number of benzene rings is 1. The van der Waals surface area contributed by atoms with E-state index in [9.17, 15) is 4.79 Å². The van der Waals surface area contributed by atoms with Gasteiger partial charge < -0.3 is 10.6 Å². The largest absolute Gasteiger partial charge is 0.352 e. The number of amides is 1. The molecule has 1 saturated heterocycles. The molecule has 1 aromatic rings. The molecule has 1 amide bonds. The fourth-order valence-corrected chi connectivity index (χ4v) is 2.27. The van der Waals surface area contributed by atoms with E-state index < -0.39 is 0 Å². The van der Waals surface area contributed by atoms with Crippen LogP contribution in [0.5, 0.6) is 0 Å². The van der Waals surface area contributed by atoms with Crippen molar-refractivity contribution in [3.05, 3.63) is 34.9 Å². The number of carbonyl (C=O) groups excluding carboxylic acids is 1. The summed E-state index contributed by atoms with van der Waals surface area (Å²) in [6.45, 7) is 3.55. The maximum absolute atomic E-state index is 11.9. The molecule has 92 valence electrons. The normalized spacial score (nSPS) is 23.6. The number of hydrogen-bond acceptors (Lipinski definition) is 2. The quantitative estimate of drug-likeness (QED) is 0.864. The van der Waals surface area contributed by atoms with Gasteiger partial charge in [0.25, 0.3) is 0 Å². The van der Waals surface area contributed by atoms with Crippen LogP contribution in [0.4, 0.5) is 0 Å². The average Bonchev–Trinajstić information content (AvgIpc) is 2.74. The summed E-state index contributed by atoms with van der Waals surface area (Å²) in [5.41, 5.74) is 1.07. The zero-order valence-electron chi connectivity index (χ0n) is 9.87. The molecule has 1 aromatic carbocycles. The molecule has 1 fully saturated rings. The summed E-state index contributed by atoms with van der Waals surface area (Å²) < 4.78 is 0. The second-order valence-electron chi connectivity index (χ2n) is 4.48. The summed E-state index contributed by atoms with van der Waals surface area (Å²) >= 11 is 5.80. The van der Waals surface area contributed by atoms with Gasteiger partial charge in [-0.1, -0.05) is 23.7 Å². The number of hydrogen-bond donors (Lipinski definition) is 2. The lowest BCUT2D eigenvalue weighted by molar-refractivity contribution is -0.125. The number of carbonyl (C=O) groups is 1. The summed E-state index contributed by atoms with van der Waals surface area (Å²) in [7, 11) is 0. The van der Waals surface area contributed by atoms with E-state index in [1.807, 2.05) is 24.3 Å². The molecule has 2 atom stereocenters. The lowest BCUT2D eigenvalue weighted by Crippen LogP contribution is -2.36. The Balaban J connectivity index is 1.85. The highest BCUT2D eigenvalue weighted by Crippen LogP contribution is 2.15.